The minimum atomic E-state index is -2.02. The number of hydrogen-bond acceptors (Lipinski definition) is 7. The molecule has 4 aliphatic carbocycles. The van der Waals surface area contributed by atoms with Crippen molar-refractivity contribution in [2.45, 2.75) is 82.0 Å². The maximum absolute atomic E-state index is 17.2. The number of carbonyl (C=O) groups excluding carboxylic acids is 2. The Morgan fingerprint density at radius 2 is 2.03 bits per heavy atom. The molecule has 3 N–H and O–H groups in total. The Hall–Kier alpha value is -1.19. The maximum Gasteiger partial charge on any atom is 0.192 e. The van der Waals surface area contributed by atoms with Gasteiger partial charge in [0.2, 0.25) is 0 Å². The van der Waals surface area contributed by atoms with Gasteiger partial charge in [-0.15, -0.1) is 0 Å². The van der Waals surface area contributed by atoms with Crippen LogP contribution in [0.1, 0.15) is 52.4 Å². The van der Waals surface area contributed by atoms with Crippen LogP contribution >= 0.6 is 0 Å². The number of alkyl halides is 1. The third-order valence-corrected chi connectivity index (χ3v) is 9.69. The van der Waals surface area contributed by atoms with Gasteiger partial charge >= 0.3 is 0 Å². The number of Topliss-reactive ketones (excluding diaryl/α,β-unsaturated/α-hetero) is 1. The molecule has 178 valence electrons. The second-order valence-corrected chi connectivity index (χ2v) is 11.0. The van der Waals surface area contributed by atoms with Crippen LogP contribution in [0.2, 0.25) is 0 Å². The van der Waals surface area contributed by atoms with Gasteiger partial charge in [-0.25, -0.2) is 4.39 Å². The van der Waals surface area contributed by atoms with E-state index in [9.17, 15) is 24.9 Å². The topological polar surface area (TPSA) is 117 Å². The van der Waals surface area contributed by atoms with Gasteiger partial charge in [-0.2, -0.15) is 0 Å². The van der Waals surface area contributed by atoms with Gasteiger partial charge in [-0.3, -0.25) is 9.59 Å². The second kappa shape index (κ2) is 7.15. The van der Waals surface area contributed by atoms with Gasteiger partial charge in [0.05, 0.1) is 25.4 Å². The molecule has 0 aromatic heterocycles. The number of aliphatic hydroxyl groups is 3. The first-order valence-electron chi connectivity index (χ1n) is 11.7. The smallest absolute Gasteiger partial charge is 0.192 e. The minimum Gasteiger partial charge on any atom is -0.390 e. The number of hydrogen-bond donors (Lipinski definition) is 3. The van der Waals surface area contributed by atoms with E-state index >= 15 is 4.39 Å². The Kier molecular flexibility index (Phi) is 5.05. The van der Waals surface area contributed by atoms with Crippen LogP contribution in [0.4, 0.5) is 4.39 Å². The molecule has 32 heavy (non-hydrogen) atoms. The Balaban J connectivity index is 1.56. The third kappa shape index (κ3) is 2.70. The Bertz CT molecular complexity index is 870. The fraction of sp³-hybridized carbons (Fsp3) is 0.833. The monoisotopic (exact) mass is 452 g/mol. The zero-order valence-corrected chi connectivity index (χ0v) is 18.7. The first-order chi connectivity index (χ1) is 15.0. The van der Waals surface area contributed by atoms with Gasteiger partial charge in [0, 0.05) is 23.2 Å². The summed E-state index contributed by atoms with van der Waals surface area (Å²) in [4.78, 5) is 24.9. The molecule has 0 radical (unpaired) electrons. The predicted octanol–water partition coefficient (Wildman–Crippen LogP) is 1.27. The normalized spacial score (nSPS) is 52.0. The molecule has 9 atom stereocenters. The number of fused-ring (bicyclic) bond motifs is 5. The Labute approximate surface area is 187 Å². The fourth-order valence-electron chi connectivity index (χ4n) is 7.76. The van der Waals surface area contributed by atoms with Crippen LogP contribution in [0.15, 0.2) is 11.6 Å². The molecular formula is C24H33FO7. The third-order valence-electron chi connectivity index (χ3n) is 9.69. The van der Waals surface area contributed by atoms with Crippen molar-refractivity contribution in [1.82, 2.24) is 0 Å². The van der Waals surface area contributed by atoms with E-state index in [1.807, 2.05) is 6.92 Å². The summed E-state index contributed by atoms with van der Waals surface area (Å²) in [7, 11) is 0. The number of aliphatic hydroxyl groups excluding tert-OH is 2. The highest BCUT2D eigenvalue weighted by molar-refractivity contribution is 5.92. The summed E-state index contributed by atoms with van der Waals surface area (Å²) >= 11 is 0. The molecule has 3 unspecified atom stereocenters. The summed E-state index contributed by atoms with van der Waals surface area (Å²) in [5, 5.41) is 32.8. The van der Waals surface area contributed by atoms with E-state index in [-0.39, 0.29) is 37.8 Å². The number of epoxide rings is 1. The van der Waals surface area contributed by atoms with Gasteiger partial charge < -0.3 is 24.8 Å². The van der Waals surface area contributed by atoms with E-state index in [2.05, 4.69) is 0 Å². The number of ether oxygens (including phenoxy) is 2. The van der Waals surface area contributed by atoms with Gasteiger partial charge in [-0.05, 0) is 44.1 Å². The van der Waals surface area contributed by atoms with Crippen molar-refractivity contribution in [1.29, 1.82) is 0 Å². The minimum absolute atomic E-state index is 0.00537. The first kappa shape index (κ1) is 22.6. The quantitative estimate of drug-likeness (QED) is 0.538. The van der Waals surface area contributed by atoms with Crippen molar-refractivity contribution in [2.75, 3.05) is 19.8 Å². The molecule has 0 aromatic rings. The molecule has 5 aliphatic rings. The Morgan fingerprint density at radius 3 is 2.69 bits per heavy atom. The van der Waals surface area contributed by atoms with E-state index in [4.69, 9.17) is 9.47 Å². The van der Waals surface area contributed by atoms with Crippen molar-refractivity contribution < 1.29 is 38.8 Å². The van der Waals surface area contributed by atoms with Crippen LogP contribution in [-0.2, 0) is 19.1 Å². The standard InChI is InChI=1S/C24H33FO7/c1-21-6-5-14(27)7-13(21)3-4-16-17-8-20(32-12-15-11-31-15)24(30,19(29)10-26)22(17,2)9-18(28)23(16,21)25/h7,15-18,20,26,28,30H,3-6,8-12H2,1-2H3/t15?,16-,17-,18?,20?,21-,22-,23-,24+/m0/s1. The summed E-state index contributed by atoms with van der Waals surface area (Å²) in [5.74, 6) is -1.78. The predicted molar refractivity (Wildman–Crippen MR) is 110 cm³/mol. The lowest BCUT2D eigenvalue weighted by Crippen LogP contribution is -2.70. The number of halogens is 1. The van der Waals surface area contributed by atoms with Crippen molar-refractivity contribution >= 4 is 11.6 Å². The zero-order valence-electron chi connectivity index (χ0n) is 18.7. The summed E-state index contributed by atoms with van der Waals surface area (Å²) in [6, 6.07) is 0. The maximum atomic E-state index is 17.2. The Morgan fingerprint density at radius 1 is 1.31 bits per heavy atom. The van der Waals surface area contributed by atoms with Crippen molar-refractivity contribution in [2.24, 2.45) is 22.7 Å². The summed E-state index contributed by atoms with van der Waals surface area (Å²) in [5.41, 5.74) is -5.36. The lowest BCUT2D eigenvalue weighted by molar-refractivity contribution is -0.232. The van der Waals surface area contributed by atoms with Gasteiger partial charge in [0.1, 0.15) is 18.4 Å². The van der Waals surface area contributed by atoms with Crippen LogP contribution in [0, 0.1) is 22.7 Å². The second-order valence-electron chi connectivity index (χ2n) is 11.0. The molecule has 1 aliphatic heterocycles. The van der Waals surface area contributed by atoms with Crippen molar-refractivity contribution in [3.8, 4) is 0 Å². The van der Waals surface area contributed by atoms with Crippen LogP contribution in [0.5, 0.6) is 0 Å². The van der Waals surface area contributed by atoms with E-state index in [1.165, 1.54) is 0 Å². The van der Waals surface area contributed by atoms with Crippen LogP contribution < -0.4 is 0 Å². The molecule has 4 fully saturated rings. The highest BCUT2D eigenvalue weighted by Gasteiger charge is 2.76. The molecule has 5 rings (SSSR count). The largest absolute Gasteiger partial charge is 0.390 e. The summed E-state index contributed by atoms with van der Waals surface area (Å²) in [6.45, 7) is 3.45. The van der Waals surface area contributed by atoms with E-state index < -0.39 is 58.5 Å². The first-order valence-corrected chi connectivity index (χ1v) is 11.7. The molecule has 0 spiro atoms. The molecule has 0 bridgehead atoms. The van der Waals surface area contributed by atoms with E-state index in [0.29, 0.717) is 25.9 Å². The van der Waals surface area contributed by atoms with Crippen molar-refractivity contribution in [3.63, 3.8) is 0 Å². The zero-order chi connectivity index (χ0) is 23.1. The molecule has 1 saturated heterocycles. The molecule has 1 heterocycles. The number of rotatable bonds is 5. The fourth-order valence-corrected chi connectivity index (χ4v) is 7.76. The summed E-state index contributed by atoms with van der Waals surface area (Å²) < 4.78 is 28.3. The molecule has 3 saturated carbocycles. The molecule has 8 heteroatoms. The van der Waals surface area contributed by atoms with Gasteiger partial charge in [0.25, 0.3) is 0 Å². The molecule has 0 aromatic carbocycles. The number of allylic oxidation sites excluding steroid dienone is 1. The highest BCUT2D eigenvalue weighted by Crippen LogP contribution is 2.70. The average molecular weight is 453 g/mol. The lowest BCUT2D eigenvalue weighted by atomic mass is 9.44. The van der Waals surface area contributed by atoms with Gasteiger partial charge in [-0.1, -0.05) is 19.4 Å². The average Bonchev–Trinajstić information content (AvgIpc) is 3.55. The summed E-state index contributed by atoms with van der Waals surface area (Å²) in [6.07, 6.45) is 0.848. The van der Waals surface area contributed by atoms with E-state index in [0.717, 1.165) is 5.57 Å². The molecule has 0 amide bonds. The molecule has 7 nitrogen and oxygen atoms in total. The SMILES string of the molecule is C[C@]12CCC(=O)C=C1CC[C@H]1[C@@H]3CC(OCC4CO4)[C@](O)(C(=O)CO)[C@@]3(C)CC(O)[C@@]12F. The number of carbonyl (C=O) groups is 2. The van der Waals surface area contributed by atoms with E-state index in [1.54, 1.807) is 13.0 Å². The molecular weight excluding hydrogens is 419 g/mol. The van der Waals surface area contributed by atoms with Gasteiger partial charge in [0.15, 0.2) is 17.2 Å². The highest BCUT2D eigenvalue weighted by atomic mass is 19.1. The van der Waals surface area contributed by atoms with Crippen LogP contribution in [0.3, 0.4) is 0 Å². The van der Waals surface area contributed by atoms with Crippen LogP contribution in [0.25, 0.3) is 0 Å². The van der Waals surface area contributed by atoms with Crippen LogP contribution in [-0.4, -0.2) is 76.3 Å². The number of ketones is 2. The van der Waals surface area contributed by atoms with Crippen molar-refractivity contribution in [3.05, 3.63) is 11.6 Å². The lowest BCUT2D eigenvalue weighted by Gasteiger charge is -2.63.